The van der Waals surface area contributed by atoms with Crippen LogP contribution < -0.4 is 10.6 Å². The van der Waals surface area contributed by atoms with E-state index in [2.05, 4.69) is 15.6 Å². The van der Waals surface area contributed by atoms with Gasteiger partial charge in [0, 0.05) is 31.5 Å². The minimum Gasteiger partial charge on any atom is -0.378 e. The second-order valence-electron chi connectivity index (χ2n) is 5.15. The zero-order valence-corrected chi connectivity index (χ0v) is 12.8. The van der Waals surface area contributed by atoms with Gasteiger partial charge in [0.05, 0.1) is 12.3 Å². The van der Waals surface area contributed by atoms with Gasteiger partial charge in [0.2, 0.25) is 0 Å². The molecule has 20 heavy (non-hydrogen) atoms. The second kappa shape index (κ2) is 8.21. The Morgan fingerprint density at radius 2 is 2.25 bits per heavy atom. The minimum atomic E-state index is -0.0516. The number of thiazole rings is 1. The number of rotatable bonds is 6. The summed E-state index contributed by atoms with van der Waals surface area (Å²) in [6, 6.07) is 0.306. The van der Waals surface area contributed by atoms with Crippen LogP contribution in [-0.2, 0) is 17.8 Å². The van der Waals surface area contributed by atoms with Crippen LogP contribution in [0, 0.1) is 0 Å². The molecule has 1 fully saturated rings. The van der Waals surface area contributed by atoms with Crippen molar-refractivity contribution < 1.29 is 9.53 Å². The molecule has 0 spiro atoms. The van der Waals surface area contributed by atoms with E-state index >= 15 is 0 Å². The van der Waals surface area contributed by atoms with E-state index in [0.717, 1.165) is 30.0 Å². The third-order valence-electron chi connectivity index (χ3n) is 3.47. The molecule has 0 unspecified atom stereocenters. The highest BCUT2D eigenvalue weighted by molar-refractivity contribution is 7.09. The molecule has 1 heterocycles. The minimum absolute atomic E-state index is 0.0516. The molecule has 1 aromatic rings. The first-order valence-corrected chi connectivity index (χ1v) is 8.12. The largest absolute Gasteiger partial charge is 0.378 e. The fourth-order valence-electron chi connectivity index (χ4n) is 2.44. The van der Waals surface area contributed by atoms with Crippen LogP contribution in [0.3, 0.4) is 0 Å². The summed E-state index contributed by atoms with van der Waals surface area (Å²) in [4.78, 5) is 16.2. The van der Waals surface area contributed by atoms with Crippen LogP contribution in [0.4, 0.5) is 4.79 Å². The van der Waals surface area contributed by atoms with Crippen molar-refractivity contribution in [3.8, 4) is 0 Å². The Bertz CT molecular complexity index is 416. The summed E-state index contributed by atoms with van der Waals surface area (Å²) in [6.07, 6.45) is 6.74. The molecule has 0 aromatic carbocycles. The Morgan fingerprint density at radius 1 is 1.45 bits per heavy atom. The van der Waals surface area contributed by atoms with E-state index in [-0.39, 0.29) is 6.03 Å². The molecule has 0 radical (unpaired) electrons. The van der Waals surface area contributed by atoms with Crippen LogP contribution in [0.25, 0.3) is 0 Å². The van der Waals surface area contributed by atoms with Crippen LogP contribution >= 0.6 is 11.3 Å². The molecule has 112 valence electrons. The lowest BCUT2D eigenvalue weighted by molar-refractivity contribution is 0.184. The van der Waals surface area contributed by atoms with E-state index in [1.165, 1.54) is 19.3 Å². The van der Waals surface area contributed by atoms with Gasteiger partial charge in [0.15, 0.2) is 0 Å². The van der Waals surface area contributed by atoms with Gasteiger partial charge in [0.25, 0.3) is 0 Å². The first kappa shape index (κ1) is 15.3. The number of aromatic nitrogens is 1. The SMILES string of the molecule is COCc1nc(CCNC(=O)NC2CCCCC2)cs1. The van der Waals surface area contributed by atoms with Crippen molar-refractivity contribution in [2.45, 2.75) is 51.2 Å². The van der Waals surface area contributed by atoms with Crippen LogP contribution in [0.15, 0.2) is 5.38 Å². The number of ether oxygens (including phenoxy) is 1. The maximum absolute atomic E-state index is 11.7. The van der Waals surface area contributed by atoms with Gasteiger partial charge in [-0.15, -0.1) is 11.3 Å². The molecule has 1 aromatic heterocycles. The highest BCUT2D eigenvalue weighted by atomic mass is 32.1. The van der Waals surface area contributed by atoms with Gasteiger partial charge in [-0.3, -0.25) is 0 Å². The van der Waals surface area contributed by atoms with Crippen LogP contribution in [0.2, 0.25) is 0 Å². The fourth-order valence-corrected chi connectivity index (χ4v) is 3.24. The van der Waals surface area contributed by atoms with Crippen molar-refractivity contribution in [3.05, 3.63) is 16.1 Å². The molecule has 0 atom stereocenters. The molecule has 0 saturated heterocycles. The summed E-state index contributed by atoms with van der Waals surface area (Å²) in [5, 5.41) is 8.95. The number of methoxy groups -OCH3 is 1. The van der Waals surface area contributed by atoms with Gasteiger partial charge >= 0.3 is 6.03 Å². The maximum atomic E-state index is 11.7. The van der Waals surface area contributed by atoms with Gasteiger partial charge < -0.3 is 15.4 Å². The molecule has 6 heteroatoms. The van der Waals surface area contributed by atoms with Crippen molar-refractivity contribution in [2.75, 3.05) is 13.7 Å². The van der Waals surface area contributed by atoms with Crippen molar-refractivity contribution in [1.82, 2.24) is 15.6 Å². The average Bonchev–Trinajstić information content (AvgIpc) is 2.88. The monoisotopic (exact) mass is 297 g/mol. The number of hydrogen-bond donors (Lipinski definition) is 2. The lowest BCUT2D eigenvalue weighted by atomic mass is 9.96. The van der Waals surface area contributed by atoms with Gasteiger partial charge in [-0.25, -0.2) is 9.78 Å². The molecule has 1 saturated carbocycles. The normalized spacial score (nSPS) is 16.1. The van der Waals surface area contributed by atoms with Gasteiger partial charge in [-0.05, 0) is 12.8 Å². The molecule has 2 amide bonds. The lowest BCUT2D eigenvalue weighted by Crippen LogP contribution is -2.43. The zero-order chi connectivity index (χ0) is 14.2. The van der Waals surface area contributed by atoms with E-state index in [1.54, 1.807) is 18.4 Å². The van der Waals surface area contributed by atoms with E-state index in [0.29, 0.717) is 19.2 Å². The predicted octanol–water partition coefficient (Wildman–Crippen LogP) is 2.46. The standard InChI is InChI=1S/C14H23N3O2S/c1-19-9-13-16-12(10-20-13)7-8-15-14(18)17-11-5-3-2-4-6-11/h10-11H,2-9H2,1H3,(H2,15,17,18). The topological polar surface area (TPSA) is 63.2 Å². The van der Waals surface area contributed by atoms with E-state index in [1.807, 2.05) is 5.38 Å². The Labute approximate surface area is 124 Å². The zero-order valence-electron chi connectivity index (χ0n) is 12.0. The highest BCUT2D eigenvalue weighted by Gasteiger charge is 2.15. The number of hydrogen-bond acceptors (Lipinski definition) is 4. The fraction of sp³-hybridized carbons (Fsp3) is 0.714. The third-order valence-corrected chi connectivity index (χ3v) is 4.35. The van der Waals surface area contributed by atoms with Gasteiger partial charge in [-0.2, -0.15) is 0 Å². The van der Waals surface area contributed by atoms with Gasteiger partial charge in [0.1, 0.15) is 5.01 Å². The molecule has 1 aliphatic carbocycles. The number of amides is 2. The summed E-state index contributed by atoms with van der Waals surface area (Å²) in [6.45, 7) is 1.18. The van der Waals surface area contributed by atoms with Crippen molar-refractivity contribution in [3.63, 3.8) is 0 Å². The molecule has 2 N–H and O–H groups in total. The van der Waals surface area contributed by atoms with E-state index < -0.39 is 0 Å². The van der Waals surface area contributed by atoms with Crippen molar-refractivity contribution in [1.29, 1.82) is 0 Å². The Kier molecular flexibility index (Phi) is 6.26. The van der Waals surface area contributed by atoms with Gasteiger partial charge in [-0.1, -0.05) is 19.3 Å². The smallest absolute Gasteiger partial charge is 0.315 e. The average molecular weight is 297 g/mol. The predicted molar refractivity (Wildman–Crippen MR) is 79.9 cm³/mol. The second-order valence-corrected chi connectivity index (χ2v) is 6.09. The quantitative estimate of drug-likeness (QED) is 0.848. The highest BCUT2D eigenvalue weighted by Crippen LogP contribution is 2.17. The Balaban J connectivity index is 1.62. The summed E-state index contributed by atoms with van der Waals surface area (Å²) < 4.78 is 5.04. The van der Waals surface area contributed by atoms with Crippen molar-refractivity contribution >= 4 is 17.4 Å². The van der Waals surface area contributed by atoms with E-state index in [4.69, 9.17) is 4.74 Å². The molecule has 2 rings (SSSR count). The number of nitrogens with one attached hydrogen (secondary N) is 2. The molecule has 1 aliphatic rings. The number of urea groups is 1. The molecular formula is C14H23N3O2S. The van der Waals surface area contributed by atoms with Crippen LogP contribution in [-0.4, -0.2) is 30.7 Å². The molecule has 0 bridgehead atoms. The molecule has 5 nitrogen and oxygen atoms in total. The maximum Gasteiger partial charge on any atom is 0.315 e. The number of carbonyl (C=O) groups is 1. The van der Waals surface area contributed by atoms with Crippen LogP contribution in [0.1, 0.15) is 42.8 Å². The summed E-state index contributed by atoms with van der Waals surface area (Å²) in [7, 11) is 1.66. The number of carbonyl (C=O) groups excluding carboxylic acids is 1. The Morgan fingerprint density at radius 3 is 3.00 bits per heavy atom. The van der Waals surface area contributed by atoms with Crippen molar-refractivity contribution in [2.24, 2.45) is 0 Å². The number of nitrogens with zero attached hydrogens (tertiary/aromatic N) is 1. The summed E-state index contributed by atoms with van der Waals surface area (Å²) in [5.74, 6) is 0. The molecular weight excluding hydrogens is 274 g/mol. The lowest BCUT2D eigenvalue weighted by Gasteiger charge is -2.22. The van der Waals surface area contributed by atoms with E-state index in [9.17, 15) is 4.79 Å². The third kappa shape index (κ3) is 5.09. The molecule has 0 aliphatic heterocycles. The first-order valence-electron chi connectivity index (χ1n) is 7.24. The first-order chi connectivity index (χ1) is 9.78. The Hall–Kier alpha value is -1.14. The van der Waals surface area contributed by atoms with Crippen LogP contribution in [0.5, 0.6) is 0 Å². The summed E-state index contributed by atoms with van der Waals surface area (Å²) in [5.41, 5.74) is 1.01. The summed E-state index contributed by atoms with van der Waals surface area (Å²) >= 11 is 1.60.